The SMILES string of the molecule is COc1cc(-c2cc(C(=O)O)c3cc(C)ccc3n2)ccc1O. The van der Waals surface area contributed by atoms with Crippen LogP contribution in [-0.2, 0) is 0 Å². The maximum atomic E-state index is 11.6. The van der Waals surface area contributed by atoms with Gasteiger partial charge in [-0.1, -0.05) is 11.6 Å². The first-order chi connectivity index (χ1) is 11.0. The topological polar surface area (TPSA) is 79.7 Å². The molecule has 1 heterocycles. The lowest BCUT2D eigenvalue weighted by atomic mass is 10.0. The number of nitrogens with zero attached hydrogens (tertiary/aromatic N) is 1. The van der Waals surface area contributed by atoms with Crippen molar-refractivity contribution in [3.8, 4) is 22.8 Å². The predicted molar refractivity (Wildman–Crippen MR) is 87.1 cm³/mol. The molecule has 0 unspecified atom stereocenters. The largest absolute Gasteiger partial charge is 0.504 e. The van der Waals surface area contributed by atoms with Crippen LogP contribution in [-0.4, -0.2) is 28.3 Å². The van der Waals surface area contributed by atoms with Gasteiger partial charge in [0.1, 0.15) is 0 Å². The minimum atomic E-state index is -1.00. The summed E-state index contributed by atoms with van der Waals surface area (Å²) in [4.78, 5) is 16.1. The number of pyridine rings is 1. The van der Waals surface area contributed by atoms with Crippen molar-refractivity contribution in [1.29, 1.82) is 0 Å². The van der Waals surface area contributed by atoms with Crippen LogP contribution in [0, 0.1) is 6.92 Å². The summed E-state index contributed by atoms with van der Waals surface area (Å²) in [5, 5.41) is 19.8. The van der Waals surface area contributed by atoms with Crippen molar-refractivity contribution in [1.82, 2.24) is 4.98 Å². The van der Waals surface area contributed by atoms with Crippen LogP contribution in [0.5, 0.6) is 11.5 Å². The van der Waals surface area contributed by atoms with Crippen molar-refractivity contribution in [3.63, 3.8) is 0 Å². The molecule has 0 spiro atoms. The lowest BCUT2D eigenvalue weighted by Gasteiger charge is -2.10. The molecule has 5 heteroatoms. The third kappa shape index (κ3) is 2.68. The lowest BCUT2D eigenvalue weighted by molar-refractivity contribution is 0.0699. The van der Waals surface area contributed by atoms with Gasteiger partial charge in [0.2, 0.25) is 0 Å². The average molecular weight is 309 g/mol. The van der Waals surface area contributed by atoms with Gasteiger partial charge < -0.3 is 14.9 Å². The van der Waals surface area contributed by atoms with Crippen LogP contribution in [0.4, 0.5) is 0 Å². The van der Waals surface area contributed by atoms with Crippen LogP contribution in [0.2, 0.25) is 0 Å². The number of phenols is 1. The molecular formula is C18H15NO4. The highest BCUT2D eigenvalue weighted by Crippen LogP contribution is 2.32. The molecule has 0 aliphatic rings. The Balaban J connectivity index is 2.26. The Labute approximate surface area is 132 Å². The molecule has 0 atom stereocenters. The Morgan fingerprint density at radius 3 is 2.61 bits per heavy atom. The highest BCUT2D eigenvalue weighted by Gasteiger charge is 2.14. The molecule has 1 aromatic heterocycles. The summed E-state index contributed by atoms with van der Waals surface area (Å²) in [6.07, 6.45) is 0. The van der Waals surface area contributed by atoms with Gasteiger partial charge >= 0.3 is 5.97 Å². The van der Waals surface area contributed by atoms with Gasteiger partial charge in [-0.25, -0.2) is 9.78 Å². The second kappa shape index (κ2) is 5.61. The van der Waals surface area contributed by atoms with Crippen LogP contribution >= 0.6 is 0 Å². The number of hydrogen-bond acceptors (Lipinski definition) is 4. The molecule has 3 aromatic rings. The molecular weight excluding hydrogens is 294 g/mol. The number of aromatic carboxylic acids is 1. The monoisotopic (exact) mass is 309 g/mol. The third-order valence-electron chi connectivity index (χ3n) is 3.67. The quantitative estimate of drug-likeness (QED) is 0.772. The molecule has 0 bridgehead atoms. The zero-order chi connectivity index (χ0) is 16.6. The summed E-state index contributed by atoms with van der Waals surface area (Å²) >= 11 is 0. The lowest BCUT2D eigenvalue weighted by Crippen LogP contribution is -2.00. The average Bonchev–Trinajstić information content (AvgIpc) is 2.54. The minimum Gasteiger partial charge on any atom is -0.504 e. The van der Waals surface area contributed by atoms with Gasteiger partial charge in [0.05, 0.1) is 23.9 Å². The first-order valence-electron chi connectivity index (χ1n) is 7.01. The number of hydrogen-bond donors (Lipinski definition) is 2. The number of methoxy groups -OCH3 is 1. The Morgan fingerprint density at radius 2 is 1.91 bits per heavy atom. The zero-order valence-corrected chi connectivity index (χ0v) is 12.7. The normalized spacial score (nSPS) is 10.7. The van der Waals surface area contributed by atoms with E-state index in [-0.39, 0.29) is 11.3 Å². The van der Waals surface area contributed by atoms with E-state index in [9.17, 15) is 15.0 Å². The summed E-state index contributed by atoms with van der Waals surface area (Å²) in [6, 6.07) is 11.8. The first-order valence-corrected chi connectivity index (χ1v) is 7.01. The first kappa shape index (κ1) is 14.8. The Bertz CT molecular complexity index is 918. The molecule has 0 radical (unpaired) electrons. The van der Waals surface area contributed by atoms with Crippen LogP contribution < -0.4 is 4.74 Å². The van der Waals surface area contributed by atoms with Crippen molar-refractivity contribution in [2.45, 2.75) is 6.92 Å². The number of ether oxygens (including phenoxy) is 1. The van der Waals surface area contributed by atoms with E-state index in [1.54, 1.807) is 18.2 Å². The number of aromatic nitrogens is 1. The summed E-state index contributed by atoms with van der Waals surface area (Å²) < 4.78 is 5.09. The minimum absolute atomic E-state index is 0.0196. The fraction of sp³-hybridized carbons (Fsp3) is 0.111. The van der Waals surface area contributed by atoms with Crippen LogP contribution in [0.15, 0.2) is 42.5 Å². The maximum Gasteiger partial charge on any atom is 0.336 e. The molecule has 0 aliphatic heterocycles. The Hall–Kier alpha value is -3.08. The van der Waals surface area contributed by atoms with Crippen molar-refractivity contribution >= 4 is 16.9 Å². The van der Waals surface area contributed by atoms with Gasteiger partial charge in [0.15, 0.2) is 11.5 Å². The van der Waals surface area contributed by atoms with E-state index in [2.05, 4.69) is 4.98 Å². The summed E-state index contributed by atoms with van der Waals surface area (Å²) in [5.74, 6) is -0.675. The number of phenolic OH excluding ortho intramolecular Hbond substituents is 1. The number of carbonyl (C=O) groups is 1. The van der Waals surface area contributed by atoms with Gasteiger partial charge in [-0.3, -0.25) is 0 Å². The van der Waals surface area contributed by atoms with Crippen molar-refractivity contribution in [2.24, 2.45) is 0 Å². The highest BCUT2D eigenvalue weighted by molar-refractivity contribution is 6.04. The molecule has 0 fully saturated rings. The van der Waals surface area contributed by atoms with Gasteiger partial charge in [-0.05, 0) is 43.3 Å². The second-order valence-corrected chi connectivity index (χ2v) is 5.27. The van der Waals surface area contributed by atoms with Gasteiger partial charge in [-0.15, -0.1) is 0 Å². The van der Waals surface area contributed by atoms with E-state index < -0.39 is 5.97 Å². The maximum absolute atomic E-state index is 11.6. The number of benzene rings is 2. The molecule has 0 amide bonds. The summed E-state index contributed by atoms with van der Waals surface area (Å²) in [6.45, 7) is 1.91. The van der Waals surface area contributed by atoms with E-state index >= 15 is 0 Å². The highest BCUT2D eigenvalue weighted by atomic mass is 16.5. The molecule has 3 rings (SSSR count). The number of fused-ring (bicyclic) bond motifs is 1. The second-order valence-electron chi connectivity index (χ2n) is 5.27. The van der Waals surface area contributed by atoms with Gasteiger partial charge in [-0.2, -0.15) is 0 Å². The van der Waals surface area contributed by atoms with Crippen LogP contribution in [0.1, 0.15) is 15.9 Å². The Kier molecular flexibility index (Phi) is 3.62. The predicted octanol–water partition coefficient (Wildman–Crippen LogP) is 3.62. The number of rotatable bonds is 3. The number of aromatic hydroxyl groups is 1. The fourth-order valence-corrected chi connectivity index (χ4v) is 2.50. The van der Waals surface area contributed by atoms with E-state index in [1.807, 2.05) is 19.1 Å². The van der Waals surface area contributed by atoms with Gasteiger partial charge in [0, 0.05) is 10.9 Å². The number of aryl methyl sites for hydroxylation is 1. The van der Waals surface area contributed by atoms with Gasteiger partial charge in [0.25, 0.3) is 0 Å². The molecule has 2 aromatic carbocycles. The molecule has 0 saturated carbocycles. The van der Waals surface area contributed by atoms with E-state index in [1.165, 1.54) is 19.2 Å². The van der Waals surface area contributed by atoms with E-state index in [0.717, 1.165) is 5.56 Å². The Morgan fingerprint density at radius 1 is 1.13 bits per heavy atom. The van der Waals surface area contributed by atoms with Crippen LogP contribution in [0.3, 0.4) is 0 Å². The third-order valence-corrected chi connectivity index (χ3v) is 3.67. The number of carboxylic acid groups (broad SMARTS) is 1. The van der Waals surface area contributed by atoms with Crippen molar-refractivity contribution in [3.05, 3.63) is 53.6 Å². The molecule has 0 saturated heterocycles. The number of carboxylic acids is 1. The molecule has 23 heavy (non-hydrogen) atoms. The fourth-order valence-electron chi connectivity index (χ4n) is 2.50. The molecule has 0 aliphatic carbocycles. The molecule has 116 valence electrons. The van der Waals surface area contributed by atoms with E-state index in [0.29, 0.717) is 27.9 Å². The van der Waals surface area contributed by atoms with E-state index in [4.69, 9.17) is 4.74 Å². The van der Waals surface area contributed by atoms with Crippen molar-refractivity contribution in [2.75, 3.05) is 7.11 Å². The zero-order valence-electron chi connectivity index (χ0n) is 12.7. The summed E-state index contributed by atoms with van der Waals surface area (Å²) in [7, 11) is 1.46. The van der Waals surface area contributed by atoms with Crippen LogP contribution in [0.25, 0.3) is 22.2 Å². The standard InChI is InChI=1S/C18H15NO4/c1-10-3-5-14-12(7-10)13(18(21)22)9-15(19-14)11-4-6-16(20)17(8-11)23-2/h3-9,20H,1-2H3,(H,21,22). The molecule has 2 N–H and O–H groups in total. The van der Waals surface area contributed by atoms with Crippen molar-refractivity contribution < 1.29 is 19.7 Å². The molecule has 5 nitrogen and oxygen atoms in total. The smallest absolute Gasteiger partial charge is 0.336 e. The summed E-state index contributed by atoms with van der Waals surface area (Å²) in [5.41, 5.74) is 2.96.